The van der Waals surface area contributed by atoms with Crippen molar-refractivity contribution in [1.82, 2.24) is 14.2 Å². The molecule has 0 aliphatic rings. The van der Waals surface area contributed by atoms with Crippen LogP contribution in [0.2, 0.25) is 0 Å². The van der Waals surface area contributed by atoms with Crippen molar-refractivity contribution >= 4 is 12.3 Å². The Morgan fingerprint density at radius 2 is 2.00 bits per heavy atom. The number of hydrogen-bond donors (Lipinski definition) is 0. The van der Waals surface area contributed by atoms with Crippen LogP contribution in [0.15, 0.2) is 30.5 Å². The number of alkyl halides is 2. The third kappa shape index (κ3) is 2.19. The highest BCUT2D eigenvalue weighted by molar-refractivity contribution is 7.92. The Kier molecular flexibility index (Phi) is 3.14. The van der Waals surface area contributed by atoms with Crippen LogP contribution in [0, 0.1) is 0 Å². The van der Waals surface area contributed by atoms with Crippen molar-refractivity contribution in [3.05, 3.63) is 36.2 Å². The Morgan fingerprint density at radius 3 is 2.62 bits per heavy atom. The van der Waals surface area contributed by atoms with E-state index in [1.807, 2.05) is 0 Å². The summed E-state index contributed by atoms with van der Waals surface area (Å²) >= 11 is -0.0756. The van der Waals surface area contributed by atoms with Gasteiger partial charge in [-0.2, -0.15) is 9.19 Å². The second-order valence-corrected chi connectivity index (χ2v) is 3.43. The lowest BCUT2D eigenvalue weighted by atomic mass is 10.2. The average molecular weight is 245 g/mol. The highest BCUT2D eigenvalue weighted by Crippen LogP contribution is 2.21. The summed E-state index contributed by atoms with van der Waals surface area (Å²) in [5.74, 6) is 0. The Balaban J connectivity index is 2.36. The van der Waals surface area contributed by atoms with Gasteiger partial charge in [0.1, 0.15) is 11.4 Å². The fourth-order valence-corrected chi connectivity index (χ4v) is 1.42. The van der Waals surface area contributed by atoms with E-state index in [9.17, 15) is 12.7 Å². The molecule has 16 heavy (non-hydrogen) atoms. The molecule has 0 bridgehead atoms. The van der Waals surface area contributed by atoms with Gasteiger partial charge in [-0.05, 0) is 18.2 Å². The van der Waals surface area contributed by atoms with E-state index in [0.29, 0.717) is 11.4 Å². The van der Waals surface area contributed by atoms with Crippen LogP contribution in [0.4, 0.5) is 12.7 Å². The van der Waals surface area contributed by atoms with Gasteiger partial charge in [-0.1, -0.05) is 6.07 Å². The van der Waals surface area contributed by atoms with E-state index in [1.54, 1.807) is 6.07 Å². The first kappa shape index (κ1) is 11.0. The van der Waals surface area contributed by atoms with Crippen molar-refractivity contribution in [3.63, 3.8) is 0 Å². The van der Waals surface area contributed by atoms with E-state index < -0.39 is 6.43 Å². The summed E-state index contributed by atoms with van der Waals surface area (Å²) in [5, 5.41) is 3.80. The summed E-state index contributed by atoms with van der Waals surface area (Å²) in [5.41, 5.74) is 0.332. The minimum atomic E-state index is -2.63. The van der Waals surface area contributed by atoms with Crippen molar-refractivity contribution in [2.45, 2.75) is 6.43 Å². The highest BCUT2D eigenvalue weighted by Gasteiger charge is 2.11. The molecule has 0 unspecified atom stereocenters. The third-order valence-electron chi connectivity index (χ3n) is 1.89. The van der Waals surface area contributed by atoms with Crippen LogP contribution in [-0.4, -0.2) is 14.2 Å². The van der Waals surface area contributed by atoms with Crippen LogP contribution in [0.25, 0.3) is 11.4 Å². The SMILES string of the molecule is FSn1ccc(-c2cccc(C(F)F)n2)n1. The van der Waals surface area contributed by atoms with Gasteiger partial charge < -0.3 is 0 Å². The van der Waals surface area contributed by atoms with Gasteiger partial charge in [-0.25, -0.2) is 13.8 Å². The predicted molar refractivity (Wildman–Crippen MR) is 54.5 cm³/mol. The lowest BCUT2D eigenvalue weighted by molar-refractivity contribution is 0.146. The van der Waals surface area contributed by atoms with Gasteiger partial charge >= 0.3 is 0 Å². The smallest absolute Gasteiger partial charge is 0.245 e. The molecular weight excluding hydrogens is 239 g/mol. The van der Waals surface area contributed by atoms with Crippen LogP contribution in [0.1, 0.15) is 12.1 Å². The molecule has 0 saturated carbocycles. The minimum absolute atomic E-state index is 0.0756. The highest BCUT2D eigenvalue weighted by atomic mass is 32.2. The monoisotopic (exact) mass is 245 g/mol. The largest absolute Gasteiger partial charge is 0.280 e. The normalized spacial score (nSPS) is 11.0. The van der Waals surface area contributed by atoms with E-state index in [2.05, 4.69) is 10.1 Å². The predicted octanol–water partition coefficient (Wildman–Crippen LogP) is 3.26. The summed E-state index contributed by atoms with van der Waals surface area (Å²) in [6, 6.07) is 5.74. The van der Waals surface area contributed by atoms with Gasteiger partial charge in [-0.3, -0.25) is 0 Å². The van der Waals surface area contributed by atoms with Crippen LogP contribution in [-0.2, 0) is 0 Å². The number of rotatable bonds is 3. The summed E-state index contributed by atoms with van der Waals surface area (Å²) in [6.45, 7) is 0. The number of pyridine rings is 1. The first-order chi connectivity index (χ1) is 7.70. The van der Waals surface area contributed by atoms with E-state index in [-0.39, 0.29) is 18.0 Å². The molecule has 7 heteroatoms. The molecule has 0 aliphatic heterocycles. The summed E-state index contributed by atoms with van der Waals surface area (Å²) in [4.78, 5) is 3.73. The van der Waals surface area contributed by atoms with Gasteiger partial charge in [0.25, 0.3) is 6.43 Å². The van der Waals surface area contributed by atoms with Crippen molar-refractivity contribution < 1.29 is 12.7 Å². The zero-order valence-electron chi connectivity index (χ0n) is 7.85. The maximum absolute atomic E-state index is 12.4. The molecule has 2 aromatic heterocycles. The molecular formula is C9H6F3N3S. The van der Waals surface area contributed by atoms with Crippen LogP contribution in [0.5, 0.6) is 0 Å². The molecule has 0 atom stereocenters. The van der Waals surface area contributed by atoms with Crippen LogP contribution in [0.3, 0.4) is 0 Å². The zero-order chi connectivity index (χ0) is 11.5. The summed E-state index contributed by atoms with van der Waals surface area (Å²) < 4.78 is 37.9. The number of nitrogens with zero attached hydrogens (tertiary/aromatic N) is 3. The maximum Gasteiger partial charge on any atom is 0.280 e. The lowest BCUT2D eigenvalue weighted by Gasteiger charge is -2.00. The minimum Gasteiger partial charge on any atom is -0.245 e. The molecule has 0 N–H and O–H groups in total. The molecule has 0 aromatic carbocycles. The Labute approximate surface area is 93.7 Å². The van der Waals surface area contributed by atoms with Crippen molar-refractivity contribution in [2.75, 3.05) is 0 Å². The molecule has 2 rings (SSSR count). The topological polar surface area (TPSA) is 30.7 Å². The Bertz CT molecular complexity index is 486. The summed E-state index contributed by atoms with van der Waals surface area (Å²) in [7, 11) is 0. The molecule has 0 saturated heterocycles. The van der Waals surface area contributed by atoms with E-state index in [1.165, 1.54) is 24.4 Å². The fourth-order valence-electron chi connectivity index (χ4n) is 1.20. The molecule has 0 spiro atoms. The fraction of sp³-hybridized carbons (Fsp3) is 0.111. The molecule has 0 amide bonds. The number of hydrogen-bond acceptors (Lipinski definition) is 3. The van der Waals surface area contributed by atoms with Gasteiger partial charge in [0, 0.05) is 6.20 Å². The lowest BCUT2D eigenvalue weighted by Crippen LogP contribution is -1.93. The molecule has 2 aromatic rings. The van der Waals surface area contributed by atoms with Gasteiger partial charge in [0.2, 0.25) is 0 Å². The Hall–Kier alpha value is -1.50. The molecule has 0 aliphatic carbocycles. The van der Waals surface area contributed by atoms with Gasteiger partial charge in [0.15, 0.2) is 12.3 Å². The number of halogens is 3. The van der Waals surface area contributed by atoms with E-state index in [0.717, 1.165) is 4.09 Å². The quantitative estimate of drug-likeness (QED) is 0.831. The maximum atomic E-state index is 12.4. The number of aromatic nitrogens is 3. The van der Waals surface area contributed by atoms with Crippen molar-refractivity contribution in [1.29, 1.82) is 0 Å². The second-order valence-electron chi connectivity index (χ2n) is 2.92. The molecule has 2 heterocycles. The van der Waals surface area contributed by atoms with Crippen LogP contribution < -0.4 is 0 Å². The molecule has 0 fully saturated rings. The van der Waals surface area contributed by atoms with E-state index >= 15 is 0 Å². The average Bonchev–Trinajstić information content (AvgIpc) is 2.77. The molecule has 3 nitrogen and oxygen atoms in total. The van der Waals surface area contributed by atoms with E-state index in [4.69, 9.17) is 0 Å². The van der Waals surface area contributed by atoms with Gasteiger partial charge in [0.05, 0.1) is 5.69 Å². The first-order valence-electron chi connectivity index (χ1n) is 4.31. The van der Waals surface area contributed by atoms with Gasteiger partial charge in [-0.15, -0.1) is 3.89 Å². The zero-order valence-corrected chi connectivity index (χ0v) is 8.66. The second kappa shape index (κ2) is 4.56. The summed E-state index contributed by atoms with van der Waals surface area (Å²) in [6.07, 6.45) is -1.24. The van der Waals surface area contributed by atoms with Crippen molar-refractivity contribution in [2.24, 2.45) is 0 Å². The van der Waals surface area contributed by atoms with Crippen LogP contribution >= 0.6 is 12.3 Å². The standard InChI is InChI=1S/C9H6F3N3S/c10-9(11)8-3-1-2-6(13-8)7-4-5-15(14-7)16-12/h1-5,9H. The molecule has 0 radical (unpaired) electrons. The third-order valence-corrected chi connectivity index (χ3v) is 2.24. The van der Waals surface area contributed by atoms with Crippen molar-refractivity contribution in [3.8, 4) is 11.4 Å². The molecule has 84 valence electrons. The first-order valence-corrected chi connectivity index (χ1v) is 4.98. The Morgan fingerprint density at radius 1 is 1.19 bits per heavy atom.